The Kier molecular flexibility index (Phi) is 4.90. The molecule has 0 bridgehead atoms. The molecule has 0 spiro atoms. The smallest absolute Gasteiger partial charge is 0.0690 e. The monoisotopic (exact) mass is 199 g/mol. The average Bonchev–Trinajstić information content (AvgIpc) is 3.01. The van der Waals surface area contributed by atoms with Crippen LogP contribution in [0.4, 0.5) is 0 Å². The van der Waals surface area contributed by atoms with Crippen LogP contribution >= 0.6 is 0 Å². The highest BCUT2D eigenvalue weighted by molar-refractivity contribution is 4.86. The highest BCUT2D eigenvalue weighted by Gasteiger charge is 2.29. The fourth-order valence-corrected chi connectivity index (χ4v) is 1.89. The molecule has 0 radical (unpaired) electrons. The first-order chi connectivity index (χ1) is 6.69. The van der Waals surface area contributed by atoms with E-state index in [2.05, 4.69) is 26.1 Å². The van der Waals surface area contributed by atoms with Gasteiger partial charge in [0.15, 0.2) is 0 Å². The Labute approximate surface area is 88.1 Å². The highest BCUT2D eigenvalue weighted by atomic mass is 16.3. The van der Waals surface area contributed by atoms with Crippen molar-refractivity contribution in [1.29, 1.82) is 0 Å². The third kappa shape index (κ3) is 3.58. The van der Waals surface area contributed by atoms with Gasteiger partial charge >= 0.3 is 0 Å². The molecule has 1 fully saturated rings. The minimum Gasteiger partial charge on any atom is -0.392 e. The summed E-state index contributed by atoms with van der Waals surface area (Å²) in [7, 11) is 0. The van der Waals surface area contributed by atoms with E-state index in [-0.39, 0.29) is 6.10 Å². The summed E-state index contributed by atoms with van der Waals surface area (Å²) >= 11 is 0. The van der Waals surface area contributed by atoms with Gasteiger partial charge < -0.3 is 10.4 Å². The van der Waals surface area contributed by atoms with Crippen LogP contribution in [0.2, 0.25) is 0 Å². The molecule has 3 unspecified atom stereocenters. The van der Waals surface area contributed by atoms with Crippen LogP contribution in [0.25, 0.3) is 0 Å². The molecule has 0 amide bonds. The number of nitrogens with one attached hydrogen (secondary N) is 1. The molecule has 1 rings (SSSR count). The molecule has 2 N–H and O–H groups in total. The molecule has 84 valence electrons. The maximum Gasteiger partial charge on any atom is 0.0690 e. The Morgan fingerprint density at radius 1 is 1.29 bits per heavy atom. The van der Waals surface area contributed by atoms with Gasteiger partial charge in [0, 0.05) is 12.6 Å². The minimum atomic E-state index is -0.173. The number of rotatable bonds is 7. The Bertz CT molecular complexity index is 156. The van der Waals surface area contributed by atoms with Crippen molar-refractivity contribution in [2.75, 3.05) is 6.54 Å². The van der Waals surface area contributed by atoms with Gasteiger partial charge in [-0.15, -0.1) is 0 Å². The number of aliphatic hydroxyl groups is 1. The first-order valence-corrected chi connectivity index (χ1v) is 6.10. The van der Waals surface area contributed by atoms with E-state index >= 15 is 0 Å². The van der Waals surface area contributed by atoms with Gasteiger partial charge in [-0.1, -0.05) is 27.2 Å². The maximum atomic E-state index is 9.80. The van der Waals surface area contributed by atoms with Crippen molar-refractivity contribution in [3.8, 4) is 0 Å². The Balaban J connectivity index is 2.16. The molecule has 1 saturated carbocycles. The second kappa shape index (κ2) is 5.72. The summed E-state index contributed by atoms with van der Waals surface area (Å²) < 4.78 is 0. The van der Waals surface area contributed by atoms with Gasteiger partial charge in [0.05, 0.1) is 6.10 Å². The van der Waals surface area contributed by atoms with E-state index in [1.54, 1.807) is 0 Å². The summed E-state index contributed by atoms with van der Waals surface area (Å²) in [6.45, 7) is 7.24. The van der Waals surface area contributed by atoms with E-state index in [4.69, 9.17) is 0 Å². The van der Waals surface area contributed by atoms with Crippen LogP contribution < -0.4 is 5.32 Å². The van der Waals surface area contributed by atoms with E-state index in [0.717, 1.165) is 18.9 Å². The SMILES string of the molecule is CCC(C)C(O)CNC(CC)C1CC1. The van der Waals surface area contributed by atoms with Crippen molar-refractivity contribution in [2.24, 2.45) is 11.8 Å². The lowest BCUT2D eigenvalue weighted by atomic mass is 10.0. The van der Waals surface area contributed by atoms with Crippen LogP contribution in [0.15, 0.2) is 0 Å². The number of hydrogen-bond acceptors (Lipinski definition) is 2. The largest absolute Gasteiger partial charge is 0.392 e. The predicted octanol–water partition coefficient (Wildman–Crippen LogP) is 2.17. The van der Waals surface area contributed by atoms with Crippen LogP contribution in [0.5, 0.6) is 0 Å². The zero-order valence-electron chi connectivity index (χ0n) is 9.79. The van der Waals surface area contributed by atoms with Crippen molar-refractivity contribution >= 4 is 0 Å². The zero-order valence-corrected chi connectivity index (χ0v) is 9.79. The third-order valence-electron chi connectivity index (χ3n) is 3.52. The Morgan fingerprint density at radius 3 is 2.36 bits per heavy atom. The lowest BCUT2D eigenvalue weighted by Crippen LogP contribution is -2.38. The summed E-state index contributed by atoms with van der Waals surface area (Å²) in [5, 5.41) is 13.3. The van der Waals surface area contributed by atoms with Gasteiger partial charge in [0.25, 0.3) is 0 Å². The lowest BCUT2D eigenvalue weighted by Gasteiger charge is -2.22. The van der Waals surface area contributed by atoms with Crippen molar-refractivity contribution in [2.45, 2.75) is 58.6 Å². The first kappa shape index (κ1) is 12.0. The van der Waals surface area contributed by atoms with Gasteiger partial charge in [-0.25, -0.2) is 0 Å². The Morgan fingerprint density at radius 2 is 1.93 bits per heavy atom. The molecule has 0 aromatic heterocycles. The fourth-order valence-electron chi connectivity index (χ4n) is 1.89. The molecule has 0 aromatic rings. The second-order valence-electron chi connectivity index (χ2n) is 4.71. The summed E-state index contributed by atoms with van der Waals surface area (Å²) in [4.78, 5) is 0. The van der Waals surface area contributed by atoms with E-state index in [1.165, 1.54) is 19.3 Å². The molecular formula is C12H25NO. The number of aliphatic hydroxyl groups excluding tert-OH is 1. The molecule has 0 heterocycles. The molecule has 2 nitrogen and oxygen atoms in total. The van der Waals surface area contributed by atoms with E-state index in [1.807, 2.05) is 0 Å². The van der Waals surface area contributed by atoms with Crippen LogP contribution in [-0.4, -0.2) is 23.8 Å². The van der Waals surface area contributed by atoms with Crippen molar-refractivity contribution in [1.82, 2.24) is 5.32 Å². The summed E-state index contributed by atoms with van der Waals surface area (Å²) in [5.74, 6) is 1.31. The van der Waals surface area contributed by atoms with Gasteiger partial charge in [0.1, 0.15) is 0 Å². The Hall–Kier alpha value is -0.0800. The van der Waals surface area contributed by atoms with Crippen molar-refractivity contribution in [3.63, 3.8) is 0 Å². The summed E-state index contributed by atoms with van der Waals surface area (Å²) in [6.07, 6.45) is 4.84. The molecular weight excluding hydrogens is 174 g/mol. The van der Waals surface area contributed by atoms with Crippen LogP contribution in [0.1, 0.15) is 46.5 Å². The molecule has 3 atom stereocenters. The summed E-state index contributed by atoms with van der Waals surface area (Å²) in [5.41, 5.74) is 0. The first-order valence-electron chi connectivity index (χ1n) is 6.10. The molecule has 1 aliphatic carbocycles. The van der Waals surface area contributed by atoms with Gasteiger partial charge in [-0.2, -0.15) is 0 Å². The van der Waals surface area contributed by atoms with E-state index < -0.39 is 0 Å². The van der Waals surface area contributed by atoms with Gasteiger partial charge in [0.2, 0.25) is 0 Å². The van der Waals surface area contributed by atoms with Crippen LogP contribution in [-0.2, 0) is 0 Å². The topological polar surface area (TPSA) is 32.3 Å². The van der Waals surface area contributed by atoms with Crippen molar-refractivity contribution in [3.05, 3.63) is 0 Å². The number of hydrogen-bond donors (Lipinski definition) is 2. The molecule has 0 saturated heterocycles. The zero-order chi connectivity index (χ0) is 10.6. The molecule has 1 aliphatic rings. The standard InChI is InChI=1S/C12H25NO/c1-4-9(3)12(14)8-13-11(5-2)10-6-7-10/h9-14H,4-8H2,1-3H3. The van der Waals surface area contributed by atoms with Crippen molar-refractivity contribution < 1.29 is 5.11 Å². The third-order valence-corrected chi connectivity index (χ3v) is 3.52. The lowest BCUT2D eigenvalue weighted by molar-refractivity contribution is 0.108. The fraction of sp³-hybridized carbons (Fsp3) is 1.00. The average molecular weight is 199 g/mol. The molecule has 2 heteroatoms. The second-order valence-corrected chi connectivity index (χ2v) is 4.71. The highest BCUT2D eigenvalue weighted by Crippen LogP contribution is 2.33. The van der Waals surface area contributed by atoms with Gasteiger partial charge in [-0.05, 0) is 31.1 Å². The molecule has 0 aliphatic heterocycles. The maximum absolute atomic E-state index is 9.80. The van der Waals surface area contributed by atoms with E-state index in [9.17, 15) is 5.11 Å². The predicted molar refractivity (Wildman–Crippen MR) is 60.3 cm³/mol. The molecule has 14 heavy (non-hydrogen) atoms. The van der Waals surface area contributed by atoms with E-state index in [0.29, 0.717) is 12.0 Å². The van der Waals surface area contributed by atoms with Crippen LogP contribution in [0.3, 0.4) is 0 Å². The molecule has 0 aromatic carbocycles. The summed E-state index contributed by atoms with van der Waals surface area (Å²) in [6, 6.07) is 0.647. The quantitative estimate of drug-likeness (QED) is 0.658. The van der Waals surface area contributed by atoms with Gasteiger partial charge in [-0.3, -0.25) is 0 Å². The normalized spacial score (nSPS) is 23.1. The minimum absolute atomic E-state index is 0.173. The van der Waals surface area contributed by atoms with Crippen LogP contribution in [0, 0.1) is 11.8 Å².